The summed E-state index contributed by atoms with van der Waals surface area (Å²) >= 11 is 15.2. The highest BCUT2D eigenvalue weighted by Gasteiger charge is 2.08. The van der Waals surface area contributed by atoms with E-state index in [1.54, 1.807) is 18.3 Å². The van der Waals surface area contributed by atoms with Crippen molar-refractivity contribution in [1.82, 2.24) is 15.0 Å². The molecule has 0 amide bonds. The van der Waals surface area contributed by atoms with Crippen LogP contribution < -0.4 is 0 Å². The van der Waals surface area contributed by atoms with Crippen LogP contribution in [-0.4, -0.2) is 15.0 Å². The summed E-state index contributed by atoms with van der Waals surface area (Å²) in [4.78, 5) is 11.8. The highest BCUT2D eigenvalue weighted by atomic mass is 79.9. The Balaban J connectivity index is 2.16. The Morgan fingerprint density at radius 1 is 1.11 bits per heavy atom. The van der Waals surface area contributed by atoms with Crippen LogP contribution in [0.25, 0.3) is 22.6 Å². The minimum Gasteiger partial charge on any atom is -0.337 e. The summed E-state index contributed by atoms with van der Waals surface area (Å²) in [6.07, 6.45) is 1.71. The Kier molecular flexibility index (Phi) is 3.01. The van der Waals surface area contributed by atoms with Crippen molar-refractivity contribution in [3.63, 3.8) is 0 Å². The number of fused-ring (bicyclic) bond motifs is 1. The minimum atomic E-state index is 0.503. The van der Waals surface area contributed by atoms with Gasteiger partial charge in [0, 0.05) is 16.2 Å². The normalized spacial score (nSPS) is 11.1. The summed E-state index contributed by atoms with van der Waals surface area (Å²) in [5.74, 6) is 0.717. The van der Waals surface area contributed by atoms with Gasteiger partial charge in [0.25, 0.3) is 0 Å². The van der Waals surface area contributed by atoms with Gasteiger partial charge < -0.3 is 4.98 Å². The molecule has 0 aliphatic carbocycles. The average Bonchev–Trinajstić information content (AvgIpc) is 2.75. The lowest BCUT2D eigenvalue weighted by molar-refractivity contribution is 1.30. The van der Waals surface area contributed by atoms with E-state index in [2.05, 4.69) is 30.9 Å². The van der Waals surface area contributed by atoms with Gasteiger partial charge in [0.1, 0.15) is 5.82 Å². The third-order valence-electron chi connectivity index (χ3n) is 2.50. The van der Waals surface area contributed by atoms with E-state index in [-0.39, 0.29) is 0 Å². The van der Waals surface area contributed by atoms with E-state index >= 15 is 0 Å². The molecule has 18 heavy (non-hydrogen) atoms. The molecule has 0 unspecified atom stereocenters. The molecule has 2 aromatic heterocycles. The molecule has 0 fully saturated rings. The Labute approximate surface area is 121 Å². The van der Waals surface area contributed by atoms with E-state index < -0.39 is 0 Å². The Bertz CT molecular complexity index is 739. The fourth-order valence-corrected chi connectivity index (χ4v) is 2.28. The number of hydrogen-bond acceptors (Lipinski definition) is 2. The second-order valence-corrected chi connectivity index (χ2v) is 5.47. The summed E-state index contributed by atoms with van der Waals surface area (Å²) in [6, 6.07) is 7.31. The maximum atomic E-state index is 5.99. The lowest BCUT2D eigenvalue weighted by atomic mass is 10.2. The molecule has 3 nitrogen and oxygen atoms in total. The van der Waals surface area contributed by atoms with Crippen LogP contribution in [0.15, 0.2) is 34.9 Å². The van der Waals surface area contributed by atoms with Gasteiger partial charge in [-0.3, -0.25) is 0 Å². The lowest BCUT2D eigenvalue weighted by Gasteiger charge is -1.98. The van der Waals surface area contributed by atoms with Gasteiger partial charge in [0.2, 0.25) is 0 Å². The van der Waals surface area contributed by atoms with E-state index in [9.17, 15) is 0 Å². The first kappa shape index (κ1) is 12.0. The zero-order chi connectivity index (χ0) is 12.7. The lowest BCUT2D eigenvalue weighted by Crippen LogP contribution is -1.80. The fraction of sp³-hybridized carbons (Fsp3) is 0. The zero-order valence-corrected chi connectivity index (χ0v) is 12.0. The molecule has 0 bridgehead atoms. The second kappa shape index (κ2) is 4.53. The van der Waals surface area contributed by atoms with Crippen molar-refractivity contribution < 1.29 is 0 Å². The first-order valence-corrected chi connectivity index (χ1v) is 6.65. The molecule has 0 saturated carbocycles. The van der Waals surface area contributed by atoms with E-state index in [4.69, 9.17) is 23.2 Å². The van der Waals surface area contributed by atoms with E-state index in [1.807, 2.05) is 12.1 Å². The largest absolute Gasteiger partial charge is 0.337 e. The number of H-pyrrole nitrogens is 1. The quantitative estimate of drug-likeness (QED) is 0.696. The van der Waals surface area contributed by atoms with Crippen LogP contribution in [0.3, 0.4) is 0 Å². The molecule has 0 atom stereocenters. The van der Waals surface area contributed by atoms with E-state index in [0.29, 0.717) is 21.5 Å². The Morgan fingerprint density at radius 2 is 1.94 bits per heavy atom. The van der Waals surface area contributed by atoms with Crippen LogP contribution in [0, 0.1) is 0 Å². The van der Waals surface area contributed by atoms with Crippen LogP contribution in [-0.2, 0) is 0 Å². The van der Waals surface area contributed by atoms with Crippen LogP contribution in [0.4, 0.5) is 0 Å². The third-order valence-corrected chi connectivity index (χ3v) is 3.67. The standard InChI is InChI=1S/C12H6BrCl2N3/c13-7-4-10-12(16-5-7)18-11(17-10)6-1-2-8(14)9(15)3-6/h1-5H,(H,16,17,18). The Hall–Kier alpha value is -1.10. The van der Waals surface area contributed by atoms with Crippen molar-refractivity contribution in [3.05, 3.63) is 45.0 Å². The molecule has 3 rings (SSSR count). The number of imidazole rings is 1. The smallest absolute Gasteiger partial charge is 0.178 e. The SMILES string of the molecule is Clc1ccc(-c2nc3ncc(Br)cc3[nH]2)cc1Cl. The van der Waals surface area contributed by atoms with Gasteiger partial charge in [-0.1, -0.05) is 23.2 Å². The molecular formula is C12H6BrCl2N3. The van der Waals surface area contributed by atoms with Gasteiger partial charge in [0.15, 0.2) is 5.65 Å². The van der Waals surface area contributed by atoms with Gasteiger partial charge in [-0.05, 0) is 40.2 Å². The third kappa shape index (κ3) is 2.11. The number of benzene rings is 1. The minimum absolute atomic E-state index is 0.503. The molecular weight excluding hydrogens is 337 g/mol. The number of nitrogens with one attached hydrogen (secondary N) is 1. The summed E-state index contributed by atoms with van der Waals surface area (Å²) < 4.78 is 0.902. The van der Waals surface area contributed by atoms with E-state index in [1.165, 1.54) is 0 Å². The molecule has 6 heteroatoms. The van der Waals surface area contributed by atoms with Crippen LogP contribution in [0.1, 0.15) is 0 Å². The molecule has 0 aliphatic rings. The number of nitrogens with zero attached hydrogens (tertiary/aromatic N) is 2. The molecule has 1 aromatic carbocycles. The number of halogens is 3. The maximum absolute atomic E-state index is 5.99. The average molecular weight is 343 g/mol. The van der Waals surface area contributed by atoms with Crippen molar-refractivity contribution in [3.8, 4) is 11.4 Å². The Morgan fingerprint density at radius 3 is 2.72 bits per heavy atom. The number of hydrogen-bond donors (Lipinski definition) is 1. The highest BCUT2D eigenvalue weighted by Crippen LogP contribution is 2.28. The zero-order valence-electron chi connectivity index (χ0n) is 8.92. The van der Waals surface area contributed by atoms with Gasteiger partial charge in [0.05, 0.1) is 15.6 Å². The first-order valence-electron chi connectivity index (χ1n) is 5.10. The molecule has 3 aromatic rings. The number of pyridine rings is 1. The number of rotatable bonds is 1. The molecule has 0 radical (unpaired) electrons. The first-order chi connectivity index (χ1) is 8.63. The van der Waals surface area contributed by atoms with Gasteiger partial charge in [-0.15, -0.1) is 0 Å². The van der Waals surface area contributed by atoms with Crippen molar-refractivity contribution in [2.75, 3.05) is 0 Å². The highest BCUT2D eigenvalue weighted by molar-refractivity contribution is 9.10. The fourth-order valence-electron chi connectivity index (χ4n) is 1.65. The topological polar surface area (TPSA) is 41.6 Å². The molecule has 2 heterocycles. The van der Waals surface area contributed by atoms with Crippen molar-refractivity contribution in [1.29, 1.82) is 0 Å². The summed E-state index contributed by atoms with van der Waals surface area (Å²) in [6.45, 7) is 0. The van der Waals surface area contributed by atoms with Gasteiger partial charge >= 0.3 is 0 Å². The molecule has 0 saturated heterocycles. The van der Waals surface area contributed by atoms with Crippen LogP contribution in [0.2, 0.25) is 10.0 Å². The van der Waals surface area contributed by atoms with Crippen LogP contribution in [0.5, 0.6) is 0 Å². The maximum Gasteiger partial charge on any atom is 0.178 e. The number of aromatic amines is 1. The predicted molar refractivity (Wildman–Crippen MR) is 77.0 cm³/mol. The molecule has 0 aliphatic heterocycles. The predicted octanol–water partition coefficient (Wildman–Crippen LogP) is 4.69. The monoisotopic (exact) mass is 341 g/mol. The summed E-state index contributed by atoms with van der Waals surface area (Å²) in [5.41, 5.74) is 2.41. The molecule has 1 N–H and O–H groups in total. The van der Waals surface area contributed by atoms with Crippen molar-refractivity contribution >= 4 is 50.3 Å². The van der Waals surface area contributed by atoms with Crippen molar-refractivity contribution in [2.45, 2.75) is 0 Å². The van der Waals surface area contributed by atoms with Crippen LogP contribution >= 0.6 is 39.1 Å². The summed E-state index contributed by atoms with van der Waals surface area (Å²) in [7, 11) is 0. The summed E-state index contributed by atoms with van der Waals surface area (Å²) in [5, 5.41) is 1.03. The second-order valence-electron chi connectivity index (χ2n) is 3.74. The van der Waals surface area contributed by atoms with Gasteiger partial charge in [-0.2, -0.15) is 0 Å². The van der Waals surface area contributed by atoms with E-state index in [0.717, 1.165) is 15.6 Å². The van der Waals surface area contributed by atoms with Gasteiger partial charge in [-0.25, -0.2) is 9.97 Å². The van der Waals surface area contributed by atoms with Crippen molar-refractivity contribution in [2.24, 2.45) is 0 Å². The molecule has 90 valence electrons. The molecule has 0 spiro atoms. The number of aromatic nitrogens is 3.